The number of rotatable bonds is 4. The maximum Gasteiger partial charge on any atom is 0.289 e. The van der Waals surface area contributed by atoms with E-state index in [-0.39, 0.29) is 0 Å². The Bertz CT molecular complexity index is 480. The first-order valence-electron chi connectivity index (χ1n) is 5.77. The van der Waals surface area contributed by atoms with Gasteiger partial charge in [0.1, 0.15) is 5.75 Å². The molecule has 18 heavy (non-hydrogen) atoms. The van der Waals surface area contributed by atoms with Crippen molar-refractivity contribution < 1.29 is 14.3 Å². The zero-order valence-electron chi connectivity index (χ0n) is 11.5. The summed E-state index contributed by atoms with van der Waals surface area (Å²) in [6.07, 6.45) is 0. The van der Waals surface area contributed by atoms with E-state index in [2.05, 4.69) is 0 Å². The molecule has 0 aliphatic heterocycles. The molecule has 1 amide bonds. The molecule has 0 saturated carbocycles. The average molecular weight is 249 g/mol. The number of aryl methyl sites for hydroxylation is 2. The van der Waals surface area contributed by atoms with Crippen molar-refractivity contribution in [1.29, 1.82) is 0 Å². The first-order valence-corrected chi connectivity index (χ1v) is 5.77. The second-order valence-corrected chi connectivity index (χ2v) is 4.47. The summed E-state index contributed by atoms with van der Waals surface area (Å²) in [6, 6.07) is 3.93. The number of hydrogen-bond acceptors (Lipinski definition) is 3. The minimum atomic E-state index is -0.470. The van der Waals surface area contributed by atoms with Gasteiger partial charge in [0.05, 0.1) is 7.11 Å². The molecule has 4 nitrogen and oxygen atoms in total. The highest BCUT2D eigenvalue weighted by atomic mass is 16.5. The van der Waals surface area contributed by atoms with Crippen LogP contribution in [-0.2, 0) is 16.1 Å². The van der Waals surface area contributed by atoms with Crippen molar-refractivity contribution in [3.8, 4) is 5.75 Å². The van der Waals surface area contributed by atoms with Gasteiger partial charge in [-0.3, -0.25) is 9.59 Å². The van der Waals surface area contributed by atoms with Gasteiger partial charge in [-0.1, -0.05) is 6.07 Å². The molecule has 0 bridgehead atoms. The number of carbonyl (C=O) groups is 2. The number of ketones is 1. The van der Waals surface area contributed by atoms with Crippen molar-refractivity contribution in [1.82, 2.24) is 4.90 Å². The van der Waals surface area contributed by atoms with Crippen molar-refractivity contribution in [2.75, 3.05) is 14.2 Å². The largest absolute Gasteiger partial charge is 0.496 e. The SMILES string of the molecule is COc1cc(C)c(CN(C)C(=O)C(C)=O)cc1C. The van der Waals surface area contributed by atoms with E-state index < -0.39 is 11.7 Å². The molecule has 0 aromatic heterocycles. The van der Waals surface area contributed by atoms with E-state index in [4.69, 9.17) is 4.74 Å². The van der Waals surface area contributed by atoms with Gasteiger partial charge in [-0.25, -0.2) is 0 Å². The lowest BCUT2D eigenvalue weighted by Gasteiger charge is -2.18. The Morgan fingerprint density at radius 3 is 2.33 bits per heavy atom. The molecule has 0 spiro atoms. The van der Waals surface area contributed by atoms with Crippen LogP contribution in [0.2, 0.25) is 0 Å². The molecule has 0 heterocycles. The van der Waals surface area contributed by atoms with Gasteiger partial charge in [-0.15, -0.1) is 0 Å². The monoisotopic (exact) mass is 249 g/mol. The summed E-state index contributed by atoms with van der Waals surface area (Å²) in [5.41, 5.74) is 3.08. The van der Waals surface area contributed by atoms with E-state index in [1.807, 2.05) is 26.0 Å². The van der Waals surface area contributed by atoms with Crippen molar-refractivity contribution in [2.45, 2.75) is 27.3 Å². The zero-order chi connectivity index (χ0) is 13.9. The number of methoxy groups -OCH3 is 1. The van der Waals surface area contributed by atoms with Crippen molar-refractivity contribution in [3.63, 3.8) is 0 Å². The van der Waals surface area contributed by atoms with Crippen LogP contribution >= 0.6 is 0 Å². The zero-order valence-corrected chi connectivity index (χ0v) is 11.5. The Morgan fingerprint density at radius 2 is 1.83 bits per heavy atom. The maximum atomic E-state index is 11.5. The molecular weight excluding hydrogens is 230 g/mol. The summed E-state index contributed by atoms with van der Waals surface area (Å²) in [5.74, 6) is -0.0833. The van der Waals surface area contributed by atoms with Crippen LogP contribution in [0.15, 0.2) is 12.1 Å². The van der Waals surface area contributed by atoms with E-state index in [0.717, 1.165) is 22.4 Å². The number of Topliss-reactive ketones (excluding diaryl/α,β-unsaturated/α-hetero) is 1. The Balaban J connectivity index is 2.95. The Labute approximate surface area is 108 Å². The van der Waals surface area contributed by atoms with Gasteiger partial charge in [0.15, 0.2) is 0 Å². The molecule has 98 valence electrons. The van der Waals surface area contributed by atoms with Crippen LogP contribution in [0, 0.1) is 13.8 Å². The summed E-state index contributed by atoms with van der Waals surface area (Å²) in [6.45, 7) is 5.62. The Hall–Kier alpha value is -1.84. The van der Waals surface area contributed by atoms with Crippen LogP contribution in [0.3, 0.4) is 0 Å². The summed E-state index contributed by atoms with van der Waals surface area (Å²) >= 11 is 0. The number of hydrogen-bond donors (Lipinski definition) is 0. The van der Waals surface area contributed by atoms with Crippen molar-refractivity contribution in [3.05, 3.63) is 28.8 Å². The third-order valence-corrected chi connectivity index (χ3v) is 2.91. The lowest BCUT2D eigenvalue weighted by atomic mass is 10.0. The normalized spacial score (nSPS) is 10.1. The molecular formula is C14H19NO3. The molecule has 0 radical (unpaired) electrons. The van der Waals surface area contributed by atoms with E-state index in [9.17, 15) is 9.59 Å². The van der Waals surface area contributed by atoms with E-state index in [0.29, 0.717) is 6.54 Å². The average Bonchev–Trinajstić information content (AvgIpc) is 2.32. The summed E-state index contributed by atoms with van der Waals surface area (Å²) in [7, 11) is 3.26. The molecule has 0 atom stereocenters. The molecule has 1 rings (SSSR count). The van der Waals surface area contributed by atoms with Crippen LogP contribution in [0.1, 0.15) is 23.6 Å². The van der Waals surface area contributed by atoms with Gasteiger partial charge >= 0.3 is 0 Å². The van der Waals surface area contributed by atoms with Crippen LogP contribution in [0.5, 0.6) is 5.75 Å². The van der Waals surface area contributed by atoms with Crippen LogP contribution in [-0.4, -0.2) is 30.7 Å². The van der Waals surface area contributed by atoms with Crippen molar-refractivity contribution in [2.24, 2.45) is 0 Å². The van der Waals surface area contributed by atoms with Gasteiger partial charge < -0.3 is 9.64 Å². The van der Waals surface area contributed by atoms with Crippen LogP contribution < -0.4 is 4.74 Å². The number of ether oxygens (including phenoxy) is 1. The fourth-order valence-electron chi connectivity index (χ4n) is 1.84. The smallest absolute Gasteiger partial charge is 0.289 e. The topological polar surface area (TPSA) is 46.6 Å². The van der Waals surface area contributed by atoms with E-state index in [1.165, 1.54) is 11.8 Å². The molecule has 1 aromatic carbocycles. The van der Waals surface area contributed by atoms with Gasteiger partial charge in [0.25, 0.3) is 5.91 Å². The molecule has 0 fully saturated rings. The number of nitrogens with zero attached hydrogens (tertiary/aromatic N) is 1. The Kier molecular flexibility index (Phi) is 4.48. The molecule has 0 aliphatic rings. The minimum Gasteiger partial charge on any atom is -0.496 e. The summed E-state index contributed by atoms with van der Waals surface area (Å²) in [5, 5.41) is 0. The third-order valence-electron chi connectivity index (χ3n) is 2.91. The predicted molar refractivity (Wildman–Crippen MR) is 69.6 cm³/mol. The van der Waals surface area contributed by atoms with E-state index in [1.54, 1.807) is 14.2 Å². The van der Waals surface area contributed by atoms with E-state index >= 15 is 0 Å². The first kappa shape index (κ1) is 14.2. The third kappa shape index (κ3) is 3.09. The van der Waals surface area contributed by atoms with Gasteiger partial charge in [-0.2, -0.15) is 0 Å². The number of likely N-dealkylation sites (N-methyl/N-ethyl adjacent to an activating group) is 1. The highest BCUT2D eigenvalue weighted by Gasteiger charge is 2.15. The summed E-state index contributed by atoms with van der Waals surface area (Å²) < 4.78 is 5.24. The molecule has 4 heteroatoms. The molecule has 0 saturated heterocycles. The predicted octanol–water partition coefficient (Wildman–Crippen LogP) is 1.86. The minimum absolute atomic E-state index is 0.426. The lowest BCUT2D eigenvalue weighted by Crippen LogP contribution is -2.31. The van der Waals surface area contributed by atoms with Gasteiger partial charge in [-0.05, 0) is 36.6 Å². The Morgan fingerprint density at radius 1 is 1.22 bits per heavy atom. The second-order valence-electron chi connectivity index (χ2n) is 4.47. The highest BCUT2D eigenvalue weighted by molar-refractivity contribution is 6.34. The van der Waals surface area contributed by atoms with Gasteiger partial charge in [0, 0.05) is 20.5 Å². The maximum absolute atomic E-state index is 11.5. The van der Waals surface area contributed by atoms with Gasteiger partial charge in [0.2, 0.25) is 5.78 Å². The van der Waals surface area contributed by atoms with Crippen LogP contribution in [0.4, 0.5) is 0 Å². The van der Waals surface area contributed by atoms with Crippen LogP contribution in [0.25, 0.3) is 0 Å². The molecule has 0 aliphatic carbocycles. The lowest BCUT2D eigenvalue weighted by molar-refractivity contribution is -0.143. The first-order chi connectivity index (χ1) is 8.36. The fraction of sp³-hybridized carbons (Fsp3) is 0.429. The number of carbonyl (C=O) groups excluding carboxylic acids is 2. The molecule has 0 unspecified atom stereocenters. The molecule has 1 aromatic rings. The highest BCUT2D eigenvalue weighted by Crippen LogP contribution is 2.23. The second kappa shape index (κ2) is 5.67. The van der Waals surface area contributed by atoms with Crippen molar-refractivity contribution >= 4 is 11.7 Å². The quantitative estimate of drug-likeness (QED) is 0.765. The number of amides is 1. The standard InChI is InChI=1S/C14H19NO3/c1-9-7-13(18-5)10(2)6-12(9)8-15(4)14(17)11(3)16/h6-7H,8H2,1-5H3. The fourth-order valence-corrected chi connectivity index (χ4v) is 1.84. The summed E-state index contributed by atoms with van der Waals surface area (Å²) in [4.78, 5) is 24.0. The number of benzene rings is 1. The molecule has 0 N–H and O–H groups in total.